The Hall–Kier alpha value is -4.59. The summed E-state index contributed by atoms with van der Waals surface area (Å²) in [5.41, 5.74) is 6.06. The Morgan fingerprint density at radius 3 is 2.90 bits per heavy atom. The number of amidine groups is 1. The number of hydrogen-bond acceptors (Lipinski definition) is 11. The third-order valence-electron chi connectivity index (χ3n) is 7.25. The van der Waals surface area contributed by atoms with Crippen LogP contribution < -0.4 is 15.8 Å². The zero-order valence-electron chi connectivity index (χ0n) is 22.6. The number of nitrogens with zero attached hydrogens (tertiary/aromatic N) is 6. The number of anilines is 2. The lowest BCUT2D eigenvalue weighted by molar-refractivity contribution is -0.123. The average molecular weight is 593 g/mol. The Labute approximate surface area is 243 Å². The summed E-state index contributed by atoms with van der Waals surface area (Å²) in [5, 5.41) is 3.29. The van der Waals surface area contributed by atoms with E-state index in [0.29, 0.717) is 34.9 Å². The third-order valence-corrected chi connectivity index (χ3v) is 8.51. The fraction of sp³-hybridized carbons (Fsp3) is 0.286. The van der Waals surface area contributed by atoms with Gasteiger partial charge in [0.1, 0.15) is 29.8 Å². The highest BCUT2D eigenvalue weighted by Gasteiger charge is 2.67. The van der Waals surface area contributed by atoms with E-state index in [4.69, 9.17) is 14.9 Å². The second-order valence-corrected chi connectivity index (χ2v) is 11.5. The van der Waals surface area contributed by atoms with Gasteiger partial charge in [-0.05, 0) is 30.7 Å². The lowest BCUT2D eigenvalue weighted by atomic mass is 9.84. The van der Waals surface area contributed by atoms with Gasteiger partial charge in [0, 0.05) is 48.3 Å². The highest BCUT2D eigenvalue weighted by atomic mass is 32.2. The molecular weight excluding hydrogens is 566 g/mol. The van der Waals surface area contributed by atoms with E-state index in [0.717, 1.165) is 0 Å². The molecule has 2 aliphatic rings. The van der Waals surface area contributed by atoms with Crippen molar-refractivity contribution in [3.05, 3.63) is 78.5 Å². The summed E-state index contributed by atoms with van der Waals surface area (Å²) in [6, 6.07) is 5.97. The second-order valence-electron chi connectivity index (χ2n) is 10.2. The SMILES string of the molecule is CN(C)C(=O)C=C[C@]12C[C@H]1[C@@](CF)(c1cc(Nc3nccc4nc(OCc5ncco5)cnc34)ccc1F)N=C(N)S2. The number of carbonyl (C=O) groups excluding carboxylic acids is 1. The predicted molar refractivity (Wildman–Crippen MR) is 153 cm³/mol. The van der Waals surface area contributed by atoms with E-state index in [1.54, 1.807) is 32.4 Å². The van der Waals surface area contributed by atoms with Crippen LogP contribution in [-0.4, -0.2) is 61.4 Å². The monoisotopic (exact) mass is 592 g/mol. The van der Waals surface area contributed by atoms with Crippen LogP contribution in [0.2, 0.25) is 0 Å². The van der Waals surface area contributed by atoms with Crippen molar-refractivity contribution in [1.29, 1.82) is 0 Å². The molecule has 1 amide bonds. The molecule has 1 aliphatic heterocycles. The van der Waals surface area contributed by atoms with Gasteiger partial charge in [-0.15, -0.1) is 0 Å². The summed E-state index contributed by atoms with van der Waals surface area (Å²) >= 11 is 1.27. The number of benzene rings is 1. The number of nitrogens with one attached hydrogen (secondary N) is 1. The van der Waals surface area contributed by atoms with E-state index < -0.39 is 28.7 Å². The Morgan fingerprint density at radius 1 is 1.29 bits per heavy atom. The number of oxazole rings is 1. The van der Waals surface area contributed by atoms with Gasteiger partial charge in [0.15, 0.2) is 17.6 Å². The van der Waals surface area contributed by atoms with Crippen LogP contribution in [0, 0.1) is 11.7 Å². The normalized spacial score (nSPS) is 23.0. The van der Waals surface area contributed by atoms with Gasteiger partial charge in [0.2, 0.25) is 17.7 Å². The number of hydrogen-bond donors (Lipinski definition) is 2. The van der Waals surface area contributed by atoms with Crippen LogP contribution in [0.4, 0.5) is 20.3 Å². The lowest BCUT2D eigenvalue weighted by Gasteiger charge is -2.34. The van der Waals surface area contributed by atoms with Crippen LogP contribution in [0.25, 0.3) is 11.0 Å². The van der Waals surface area contributed by atoms with Crippen LogP contribution in [0.5, 0.6) is 5.88 Å². The second kappa shape index (κ2) is 10.7. The molecular formula is C28H26F2N8O3S. The standard InChI is InChI=1S/C28H26F2N8O3S/c1-38(2)23(39)5-7-27-12-20(27)28(15-29,37-26(31)42-27)17-11-16(3-4-18(17)30)35-25-24-19(6-8-33-25)36-21(13-34-24)41-14-22-32-9-10-40-22/h3-11,13,20H,12,14-15H2,1-2H3,(H2,31,37)(H,33,35)/t20-,27+,28-/m1/s1. The quantitative estimate of drug-likeness (QED) is 0.273. The Kier molecular flexibility index (Phi) is 7.01. The van der Waals surface area contributed by atoms with Crippen LogP contribution in [0.15, 0.2) is 70.7 Å². The van der Waals surface area contributed by atoms with E-state index in [1.807, 2.05) is 0 Å². The fourth-order valence-electron chi connectivity index (χ4n) is 5.08. The van der Waals surface area contributed by atoms with Crippen molar-refractivity contribution < 1.29 is 22.7 Å². The predicted octanol–water partition coefficient (Wildman–Crippen LogP) is 4.10. The molecule has 3 N–H and O–H groups in total. The summed E-state index contributed by atoms with van der Waals surface area (Å²) in [4.78, 5) is 35.4. The van der Waals surface area contributed by atoms with E-state index >= 15 is 4.39 Å². The van der Waals surface area contributed by atoms with Gasteiger partial charge in [-0.1, -0.05) is 17.8 Å². The van der Waals surface area contributed by atoms with Crippen molar-refractivity contribution >= 4 is 45.4 Å². The van der Waals surface area contributed by atoms with Crippen LogP contribution in [0.3, 0.4) is 0 Å². The summed E-state index contributed by atoms with van der Waals surface area (Å²) < 4.78 is 40.5. The molecule has 14 heteroatoms. The van der Waals surface area contributed by atoms with Crippen molar-refractivity contribution in [2.24, 2.45) is 16.6 Å². The molecule has 1 aliphatic carbocycles. The number of likely N-dealkylation sites (N-methyl/N-ethyl adjacent to an activating group) is 1. The molecule has 1 saturated carbocycles. The minimum atomic E-state index is -1.55. The molecule has 0 bridgehead atoms. The van der Waals surface area contributed by atoms with Crippen LogP contribution in [-0.2, 0) is 16.9 Å². The number of halogens is 2. The number of aromatic nitrogens is 4. The van der Waals surface area contributed by atoms with Gasteiger partial charge in [0.05, 0.1) is 17.9 Å². The number of thioether (sulfide) groups is 1. The lowest BCUT2D eigenvalue weighted by Crippen LogP contribution is -2.39. The number of alkyl halides is 1. The van der Waals surface area contributed by atoms with Gasteiger partial charge in [0.25, 0.3) is 0 Å². The van der Waals surface area contributed by atoms with Crippen molar-refractivity contribution in [2.45, 2.75) is 23.3 Å². The van der Waals surface area contributed by atoms with Crippen LogP contribution in [0.1, 0.15) is 17.9 Å². The molecule has 4 aromatic rings. The third kappa shape index (κ3) is 5.02. The first-order chi connectivity index (χ1) is 20.2. The number of amides is 1. The number of ether oxygens (including phenoxy) is 1. The smallest absolute Gasteiger partial charge is 0.245 e. The Bertz CT molecular complexity index is 1720. The molecule has 1 aromatic carbocycles. The number of nitrogens with two attached hydrogens (primary N) is 1. The Morgan fingerprint density at radius 2 is 2.14 bits per heavy atom. The number of carbonyl (C=O) groups is 1. The maximum Gasteiger partial charge on any atom is 0.245 e. The van der Waals surface area contributed by atoms with Crippen molar-refractivity contribution in [3.8, 4) is 5.88 Å². The summed E-state index contributed by atoms with van der Waals surface area (Å²) in [6.45, 7) is -0.877. The number of aliphatic imine (C=N–C) groups is 1. The zero-order valence-corrected chi connectivity index (χ0v) is 23.4. The summed E-state index contributed by atoms with van der Waals surface area (Å²) in [5.74, 6) is -0.199. The van der Waals surface area contributed by atoms with Gasteiger partial charge in [-0.25, -0.2) is 33.7 Å². The van der Waals surface area contributed by atoms with Gasteiger partial charge >= 0.3 is 0 Å². The van der Waals surface area contributed by atoms with Gasteiger partial charge < -0.3 is 25.1 Å². The molecule has 3 atom stereocenters. The molecule has 11 nitrogen and oxygen atoms in total. The molecule has 216 valence electrons. The summed E-state index contributed by atoms with van der Waals surface area (Å²) in [6.07, 6.45) is 9.64. The average Bonchev–Trinajstić information content (AvgIpc) is 3.46. The maximum atomic E-state index is 15.4. The first-order valence-corrected chi connectivity index (χ1v) is 13.8. The van der Waals surface area contributed by atoms with Gasteiger partial charge in [-0.2, -0.15) is 0 Å². The number of fused-ring (bicyclic) bond motifs is 2. The van der Waals surface area contributed by atoms with Crippen LogP contribution >= 0.6 is 11.8 Å². The number of pyridine rings is 1. The van der Waals surface area contributed by atoms with E-state index in [2.05, 4.69) is 30.2 Å². The highest BCUT2D eigenvalue weighted by Crippen LogP contribution is 2.67. The van der Waals surface area contributed by atoms with Crippen molar-refractivity contribution in [2.75, 3.05) is 26.1 Å². The highest BCUT2D eigenvalue weighted by molar-refractivity contribution is 8.15. The van der Waals surface area contributed by atoms with E-state index in [-0.39, 0.29) is 29.1 Å². The van der Waals surface area contributed by atoms with Gasteiger partial charge in [-0.3, -0.25) is 4.79 Å². The maximum absolute atomic E-state index is 15.4. The topological polar surface area (TPSA) is 145 Å². The number of rotatable bonds is 9. The molecule has 0 spiro atoms. The van der Waals surface area contributed by atoms with Crippen molar-refractivity contribution in [1.82, 2.24) is 24.8 Å². The Balaban J connectivity index is 1.29. The molecule has 6 rings (SSSR count). The largest absolute Gasteiger partial charge is 0.467 e. The minimum absolute atomic E-state index is 0.0611. The molecule has 0 saturated heterocycles. The van der Waals surface area contributed by atoms with E-state index in [1.165, 1.54) is 59.6 Å². The first kappa shape index (κ1) is 27.6. The van der Waals surface area contributed by atoms with E-state index in [9.17, 15) is 9.18 Å². The zero-order chi connectivity index (χ0) is 29.5. The molecule has 42 heavy (non-hydrogen) atoms. The molecule has 4 heterocycles. The van der Waals surface area contributed by atoms with Crippen molar-refractivity contribution in [3.63, 3.8) is 0 Å². The molecule has 0 radical (unpaired) electrons. The fourth-order valence-corrected chi connectivity index (χ4v) is 6.40. The summed E-state index contributed by atoms with van der Waals surface area (Å²) in [7, 11) is 3.28. The first-order valence-electron chi connectivity index (χ1n) is 12.9. The molecule has 1 fully saturated rings. The molecule has 3 aromatic heterocycles. The minimum Gasteiger partial charge on any atom is -0.467 e. The molecule has 0 unspecified atom stereocenters.